The Kier molecular flexibility index (Phi) is 3.93. The first-order valence-corrected chi connectivity index (χ1v) is 6.25. The summed E-state index contributed by atoms with van der Waals surface area (Å²) >= 11 is 0. The van der Waals surface area contributed by atoms with Gasteiger partial charge in [-0.05, 0) is 6.07 Å². The number of hydrazine groups is 1. The molecule has 0 aliphatic rings. The molecular weight excluding hydrogens is 274 g/mol. The van der Waals surface area contributed by atoms with Crippen molar-refractivity contribution in [2.45, 2.75) is 20.4 Å². The molecule has 1 aromatic heterocycles. The topological polar surface area (TPSA) is 106 Å². The van der Waals surface area contributed by atoms with Gasteiger partial charge in [-0.2, -0.15) is 0 Å². The van der Waals surface area contributed by atoms with Gasteiger partial charge in [0.1, 0.15) is 5.58 Å². The first-order valence-electron chi connectivity index (χ1n) is 6.25. The van der Waals surface area contributed by atoms with Crippen LogP contribution in [0.15, 0.2) is 28.7 Å². The lowest BCUT2D eigenvalue weighted by atomic mass is 10.1. The highest BCUT2D eigenvalue weighted by atomic mass is 16.3. The van der Waals surface area contributed by atoms with Gasteiger partial charge in [0, 0.05) is 24.8 Å². The maximum Gasteiger partial charge on any atom is 0.284 e. The lowest BCUT2D eigenvalue weighted by Crippen LogP contribution is -2.43. The van der Waals surface area contributed by atoms with E-state index in [1.54, 1.807) is 24.3 Å². The molecule has 0 saturated carbocycles. The molecule has 3 amide bonds. The molecule has 0 unspecified atom stereocenters. The molecule has 0 saturated heterocycles. The lowest BCUT2D eigenvalue weighted by molar-refractivity contribution is -0.139. The third-order valence-electron chi connectivity index (χ3n) is 2.91. The molecule has 0 atom stereocenters. The summed E-state index contributed by atoms with van der Waals surface area (Å²) < 4.78 is 5.42. The fourth-order valence-electron chi connectivity index (χ4n) is 2.03. The van der Waals surface area contributed by atoms with Gasteiger partial charge in [0.2, 0.25) is 11.8 Å². The summed E-state index contributed by atoms with van der Waals surface area (Å²) in [5.41, 5.74) is 8.66. The van der Waals surface area contributed by atoms with E-state index in [1.165, 1.54) is 13.8 Å². The molecule has 0 bridgehead atoms. The second-order valence-corrected chi connectivity index (χ2v) is 4.54. The minimum atomic E-state index is -0.729. The molecule has 110 valence electrons. The van der Waals surface area contributed by atoms with E-state index < -0.39 is 11.8 Å². The van der Waals surface area contributed by atoms with Gasteiger partial charge in [0.15, 0.2) is 5.76 Å². The van der Waals surface area contributed by atoms with Crippen LogP contribution in [0.3, 0.4) is 0 Å². The maximum absolute atomic E-state index is 11.6. The maximum atomic E-state index is 11.6. The van der Waals surface area contributed by atoms with Crippen LogP contribution in [0.5, 0.6) is 0 Å². The Morgan fingerprint density at radius 2 is 1.90 bits per heavy atom. The average molecular weight is 289 g/mol. The summed E-state index contributed by atoms with van der Waals surface area (Å²) in [4.78, 5) is 34.2. The Balaban J connectivity index is 2.48. The van der Waals surface area contributed by atoms with Crippen molar-refractivity contribution < 1.29 is 18.8 Å². The monoisotopic (exact) mass is 289 g/mol. The average Bonchev–Trinajstić information content (AvgIpc) is 2.76. The molecule has 21 heavy (non-hydrogen) atoms. The van der Waals surface area contributed by atoms with Crippen LogP contribution in [0.25, 0.3) is 11.0 Å². The SMILES string of the molecule is CC(=O)NN(Cc1c(C(N)=O)oc2ccccc12)C(C)=O. The van der Waals surface area contributed by atoms with Gasteiger partial charge >= 0.3 is 0 Å². The standard InChI is InChI=1S/C14H15N3O4/c1-8(18)16-17(9(2)19)7-11-10-5-3-4-6-12(10)21-13(11)14(15)20/h3-6H,7H2,1-2H3,(H2,15,20)(H,16,18). The van der Waals surface area contributed by atoms with Gasteiger partial charge in [-0.25, -0.2) is 5.01 Å². The molecule has 0 aliphatic carbocycles. The summed E-state index contributed by atoms with van der Waals surface area (Å²) in [6.07, 6.45) is 0. The molecule has 1 aromatic carbocycles. The number of carbonyl (C=O) groups excluding carboxylic acids is 3. The molecule has 1 heterocycles. The van der Waals surface area contributed by atoms with Crippen molar-refractivity contribution in [1.82, 2.24) is 10.4 Å². The van der Waals surface area contributed by atoms with Crippen LogP contribution < -0.4 is 11.2 Å². The zero-order chi connectivity index (χ0) is 15.6. The highest BCUT2D eigenvalue weighted by Crippen LogP contribution is 2.26. The number of rotatable bonds is 3. The van der Waals surface area contributed by atoms with E-state index in [9.17, 15) is 14.4 Å². The van der Waals surface area contributed by atoms with E-state index in [4.69, 9.17) is 10.2 Å². The number of nitrogens with one attached hydrogen (secondary N) is 1. The molecule has 0 aliphatic heterocycles. The predicted octanol–water partition coefficient (Wildman–Crippen LogP) is 0.931. The number of fused-ring (bicyclic) bond motifs is 1. The fraction of sp³-hybridized carbons (Fsp3) is 0.214. The third kappa shape index (κ3) is 3.02. The summed E-state index contributed by atoms with van der Waals surface area (Å²) in [6.45, 7) is 2.59. The zero-order valence-corrected chi connectivity index (χ0v) is 11.7. The number of hydrogen-bond donors (Lipinski definition) is 2. The van der Waals surface area contributed by atoms with E-state index in [-0.39, 0.29) is 18.2 Å². The van der Waals surface area contributed by atoms with Crippen LogP contribution >= 0.6 is 0 Å². The van der Waals surface area contributed by atoms with E-state index in [1.807, 2.05) is 0 Å². The van der Waals surface area contributed by atoms with Crippen molar-refractivity contribution in [3.8, 4) is 0 Å². The van der Waals surface area contributed by atoms with Crippen molar-refractivity contribution in [2.24, 2.45) is 5.73 Å². The first-order chi connectivity index (χ1) is 9.90. The Labute approximate surface area is 120 Å². The Morgan fingerprint density at radius 1 is 1.24 bits per heavy atom. The second kappa shape index (κ2) is 5.66. The van der Waals surface area contributed by atoms with Crippen molar-refractivity contribution in [3.05, 3.63) is 35.6 Å². The van der Waals surface area contributed by atoms with Crippen LogP contribution in [0, 0.1) is 0 Å². The molecule has 2 aromatic rings. The van der Waals surface area contributed by atoms with Gasteiger partial charge in [0.25, 0.3) is 5.91 Å². The molecule has 0 spiro atoms. The molecule has 0 radical (unpaired) electrons. The van der Waals surface area contributed by atoms with Crippen LogP contribution in [0.1, 0.15) is 30.0 Å². The van der Waals surface area contributed by atoms with Gasteiger partial charge in [0.05, 0.1) is 6.54 Å². The van der Waals surface area contributed by atoms with Crippen LogP contribution in [-0.4, -0.2) is 22.7 Å². The van der Waals surface area contributed by atoms with Crippen LogP contribution in [-0.2, 0) is 16.1 Å². The van der Waals surface area contributed by atoms with Gasteiger partial charge in [-0.1, -0.05) is 18.2 Å². The minimum Gasteiger partial charge on any atom is -0.451 e. The first kappa shape index (κ1) is 14.6. The molecular formula is C14H15N3O4. The third-order valence-corrected chi connectivity index (χ3v) is 2.91. The molecule has 0 fully saturated rings. The molecule has 3 N–H and O–H groups in total. The Bertz CT molecular complexity index is 720. The Hall–Kier alpha value is -2.83. The van der Waals surface area contributed by atoms with E-state index in [0.717, 1.165) is 5.01 Å². The highest BCUT2D eigenvalue weighted by molar-refractivity contribution is 5.98. The summed E-state index contributed by atoms with van der Waals surface area (Å²) in [5.74, 6) is -1.51. The number of amides is 3. The minimum absolute atomic E-state index is 0.00972. The van der Waals surface area contributed by atoms with Crippen molar-refractivity contribution in [2.75, 3.05) is 0 Å². The van der Waals surface area contributed by atoms with E-state index in [2.05, 4.69) is 5.43 Å². The second-order valence-electron chi connectivity index (χ2n) is 4.54. The van der Waals surface area contributed by atoms with Crippen molar-refractivity contribution in [1.29, 1.82) is 0 Å². The number of carbonyl (C=O) groups is 3. The number of hydrogen-bond acceptors (Lipinski definition) is 4. The summed E-state index contributed by atoms with van der Waals surface area (Å²) in [5, 5.41) is 1.77. The van der Waals surface area contributed by atoms with Crippen LogP contribution in [0.4, 0.5) is 0 Å². The number of furan rings is 1. The fourth-order valence-corrected chi connectivity index (χ4v) is 2.03. The summed E-state index contributed by atoms with van der Waals surface area (Å²) in [7, 11) is 0. The van der Waals surface area contributed by atoms with E-state index >= 15 is 0 Å². The van der Waals surface area contributed by atoms with E-state index in [0.29, 0.717) is 16.5 Å². The quantitative estimate of drug-likeness (QED) is 0.820. The molecule has 7 nitrogen and oxygen atoms in total. The number of primary amides is 1. The molecule has 2 rings (SSSR count). The lowest BCUT2D eigenvalue weighted by Gasteiger charge is -2.20. The van der Waals surface area contributed by atoms with Gasteiger partial charge in [-0.3, -0.25) is 19.8 Å². The molecule has 7 heteroatoms. The zero-order valence-electron chi connectivity index (χ0n) is 11.7. The number of nitrogens with zero attached hydrogens (tertiary/aromatic N) is 1. The smallest absolute Gasteiger partial charge is 0.284 e. The van der Waals surface area contributed by atoms with Crippen molar-refractivity contribution in [3.63, 3.8) is 0 Å². The summed E-state index contributed by atoms with van der Waals surface area (Å²) in [6, 6.07) is 6.99. The Morgan fingerprint density at radius 3 is 2.48 bits per heavy atom. The van der Waals surface area contributed by atoms with Gasteiger partial charge in [-0.15, -0.1) is 0 Å². The van der Waals surface area contributed by atoms with Crippen molar-refractivity contribution >= 4 is 28.7 Å². The van der Waals surface area contributed by atoms with Crippen LogP contribution in [0.2, 0.25) is 0 Å². The largest absolute Gasteiger partial charge is 0.451 e. The number of para-hydroxylation sites is 1. The normalized spacial score (nSPS) is 10.4. The number of benzene rings is 1. The highest BCUT2D eigenvalue weighted by Gasteiger charge is 2.22. The number of nitrogens with two attached hydrogens (primary N) is 1. The van der Waals surface area contributed by atoms with Gasteiger partial charge < -0.3 is 10.2 Å². The predicted molar refractivity (Wildman–Crippen MR) is 74.8 cm³/mol.